The van der Waals surface area contributed by atoms with Crippen LogP contribution in [0.2, 0.25) is 0 Å². The number of benzene rings is 2. The normalized spacial score (nSPS) is 12.4. The molecule has 2 aromatic rings. The van der Waals surface area contributed by atoms with Gasteiger partial charge in [-0.3, -0.25) is 9.59 Å². The van der Waals surface area contributed by atoms with Crippen LogP contribution in [0.5, 0.6) is 11.5 Å². The van der Waals surface area contributed by atoms with Gasteiger partial charge in [0.15, 0.2) is 17.6 Å². The molecule has 0 saturated carbocycles. The van der Waals surface area contributed by atoms with E-state index in [1.54, 1.807) is 24.3 Å². The molecule has 1 aliphatic rings. The molecule has 1 aliphatic heterocycles. The minimum absolute atomic E-state index is 0.127. The average molecular weight is 395 g/mol. The van der Waals surface area contributed by atoms with Crippen molar-refractivity contribution >= 4 is 29.2 Å². The van der Waals surface area contributed by atoms with E-state index in [-0.39, 0.29) is 18.8 Å². The maximum Gasteiger partial charge on any atom is 0.338 e. The summed E-state index contributed by atoms with van der Waals surface area (Å²) in [4.78, 5) is 35.9. The van der Waals surface area contributed by atoms with Gasteiger partial charge < -0.3 is 24.8 Å². The summed E-state index contributed by atoms with van der Waals surface area (Å²) >= 11 is 0. The lowest BCUT2D eigenvalue weighted by molar-refractivity contribution is -0.123. The second-order valence-corrected chi connectivity index (χ2v) is 6.07. The molecule has 9 nitrogen and oxygen atoms in total. The molecule has 0 unspecified atom stereocenters. The first-order chi connectivity index (χ1) is 14.0. The fourth-order valence-corrected chi connectivity index (χ4v) is 2.47. The number of amides is 2. The highest BCUT2D eigenvalue weighted by Gasteiger charge is 2.20. The number of nitrogens with zero attached hydrogens (tertiary/aromatic N) is 1. The third-order valence-corrected chi connectivity index (χ3v) is 3.94. The summed E-state index contributed by atoms with van der Waals surface area (Å²) in [5, 5.41) is 13.6. The Hall–Kier alpha value is -4.06. The zero-order valence-electron chi connectivity index (χ0n) is 15.4. The number of fused-ring (bicyclic) bond motifs is 1. The van der Waals surface area contributed by atoms with Gasteiger partial charge in [-0.1, -0.05) is 0 Å². The summed E-state index contributed by atoms with van der Waals surface area (Å²) in [6, 6.07) is 12.6. The highest BCUT2D eigenvalue weighted by Crippen LogP contribution is 2.34. The van der Waals surface area contributed by atoms with Crippen LogP contribution >= 0.6 is 0 Å². The van der Waals surface area contributed by atoms with Crippen LogP contribution in [-0.4, -0.2) is 30.7 Å². The second-order valence-electron chi connectivity index (χ2n) is 6.07. The molecule has 0 saturated heterocycles. The molecule has 0 bridgehead atoms. The third-order valence-electron chi connectivity index (χ3n) is 3.94. The Morgan fingerprint density at radius 2 is 1.76 bits per heavy atom. The smallest absolute Gasteiger partial charge is 0.338 e. The number of carbonyl (C=O) groups excluding carboxylic acids is 3. The minimum atomic E-state index is -1.04. The lowest BCUT2D eigenvalue weighted by Crippen LogP contribution is -2.30. The molecule has 2 amide bonds. The quantitative estimate of drug-likeness (QED) is 0.719. The van der Waals surface area contributed by atoms with Gasteiger partial charge in [-0.15, -0.1) is 0 Å². The molecule has 0 spiro atoms. The molecular weight excluding hydrogens is 378 g/mol. The molecule has 0 radical (unpaired) electrons. The summed E-state index contributed by atoms with van der Waals surface area (Å²) in [5.74, 6) is -0.522. The maximum absolute atomic E-state index is 12.3. The van der Waals surface area contributed by atoms with E-state index in [4.69, 9.17) is 19.5 Å². The van der Waals surface area contributed by atoms with Gasteiger partial charge in [-0.25, -0.2) is 4.79 Å². The number of nitrogens with one attached hydrogen (secondary N) is 2. The standard InChI is InChI=1S/C20H17N3O6/c1-12(19(25)23-15-6-7-16-17(10-15)28-11-27-16)29-20(26)13-2-4-14(5-3-13)22-18(24)8-9-21/h2-7,10,12H,8,11H2,1H3,(H,22,24)(H,23,25)/t12-/m1/s1. The molecule has 148 valence electrons. The molecule has 29 heavy (non-hydrogen) atoms. The van der Waals surface area contributed by atoms with Crippen molar-refractivity contribution in [2.24, 2.45) is 0 Å². The molecule has 1 heterocycles. The van der Waals surface area contributed by atoms with Crippen molar-refractivity contribution in [3.8, 4) is 17.6 Å². The molecule has 2 aromatic carbocycles. The number of anilines is 2. The number of hydrogen-bond donors (Lipinski definition) is 2. The molecule has 2 N–H and O–H groups in total. The van der Waals surface area contributed by atoms with Crippen LogP contribution in [-0.2, 0) is 14.3 Å². The van der Waals surface area contributed by atoms with Gasteiger partial charge in [-0.2, -0.15) is 5.26 Å². The van der Waals surface area contributed by atoms with Crippen LogP contribution in [0.1, 0.15) is 23.7 Å². The van der Waals surface area contributed by atoms with E-state index in [1.807, 2.05) is 0 Å². The van der Waals surface area contributed by atoms with E-state index in [0.29, 0.717) is 22.9 Å². The first-order valence-corrected chi connectivity index (χ1v) is 8.64. The number of hydrogen-bond acceptors (Lipinski definition) is 7. The Bertz CT molecular complexity index is 981. The fourth-order valence-electron chi connectivity index (χ4n) is 2.47. The van der Waals surface area contributed by atoms with Crippen LogP contribution in [0.3, 0.4) is 0 Å². The van der Waals surface area contributed by atoms with E-state index < -0.39 is 23.9 Å². The summed E-state index contributed by atoms with van der Waals surface area (Å²) in [6.07, 6.45) is -1.30. The fraction of sp³-hybridized carbons (Fsp3) is 0.200. The Labute approximate surface area is 166 Å². The Balaban J connectivity index is 1.54. The van der Waals surface area contributed by atoms with Crippen LogP contribution in [0.25, 0.3) is 0 Å². The maximum atomic E-state index is 12.3. The van der Waals surface area contributed by atoms with E-state index in [1.165, 1.54) is 31.2 Å². The topological polar surface area (TPSA) is 127 Å². The average Bonchev–Trinajstić information content (AvgIpc) is 3.16. The first-order valence-electron chi connectivity index (χ1n) is 8.64. The zero-order chi connectivity index (χ0) is 20.8. The van der Waals surface area contributed by atoms with Crippen molar-refractivity contribution in [1.82, 2.24) is 0 Å². The van der Waals surface area contributed by atoms with Gasteiger partial charge in [0.25, 0.3) is 5.91 Å². The lowest BCUT2D eigenvalue weighted by atomic mass is 10.2. The Morgan fingerprint density at radius 1 is 1.07 bits per heavy atom. The van der Waals surface area contributed by atoms with Crippen molar-refractivity contribution in [2.75, 3.05) is 17.4 Å². The second kappa shape index (κ2) is 8.75. The lowest BCUT2D eigenvalue weighted by Gasteiger charge is -2.14. The predicted molar refractivity (Wildman–Crippen MR) is 101 cm³/mol. The number of nitriles is 1. The van der Waals surface area contributed by atoms with Crippen molar-refractivity contribution in [2.45, 2.75) is 19.4 Å². The molecular formula is C20H17N3O6. The Kier molecular flexibility index (Phi) is 5.94. The largest absolute Gasteiger partial charge is 0.454 e. The monoisotopic (exact) mass is 395 g/mol. The van der Waals surface area contributed by atoms with Crippen molar-refractivity contribution in [1.29, 1.82) is 5.26 Å². The number of ether oxygens (including phenoxy) is 3. The van der Waals surface area contributed by atoms with Gasteiger partial charge in [0, 0.05) is 17.4 Å². The van der Waals surface area contributed by atoms with E-state index in [2.05, 4.69) is 10.6 Å². The molecule has 3 rings (SSSR count). The minimum Gasteiger partial charge on any atom is -0.454 e. The molecule has 0 aliphatic carbocycles. The number of esters is 1. The van der Waals surface area contributed by atoms with E-state index in [9.17, 15) is 14.4 Å². The van der Waals surface area contributed by atoms with Gasteiger partial charge in [0.2, 0.25) is 12.7 Å². The predicted octanol–water partition coefficient (Wildman–Crippen LogP) is 2.45. The third kappa shape index (κ3) is 5.01. The molecule has 0 aromatic heterocycles. The van der Waals surface area contributed by atoms with E-state index in [0.717, 1.165) is 0 Å². The van der Waals surface area contributed by atoms with E-state index >= 15 is 0 Å². The van der Waals surface area contributed by atoms with Gasteiger partial charge in [0.05, 0.1) is 11.6 Å². The van der Waals surface area contributed by atoms with Gasteiger partial charge in [0.1, 0.15) is 6.42 Å². The van der Waals surface area contributed by atoms with Crippen molar-refractivity contribution in [3.05, 3.63) is 48.0 Å². The van der Waals surface area contributed by atoms with Gasteiger partial charge >= 0.3 is 5.97 Å². The Morgan fingerprint density at radius 3 is 2.48 bits per heavy atom. The summed E-state index contributed by atoms with van der Waals surface area (Å²) in [6.45, 7) is 1.58. The zero-order valence-corrected chi connectivity index (χ0v) is 15.4. The van der Waals surface area contributed by atoms with Crippen LogP contribution in [0, 0.1) is 11.3 Å². The highest BCUT2D eigenvalue weighted by atomic mass is 16.7. The molecule has 9 heteroatoms. The highest BCUT2D eigenvalue weighted by molar-refractivity contribution is 5.98. The number of rotatable bonds is 6. The van der Waals surface area contributed by atoms with Crippen LogP contribution in [0.4, 0.5) is 11.4 Å². The molecule has 0 fully saturated rings. The summed E-state index contributed by atoms with van der Waals surface area (Å²) in [7, 11) is 0. The molecule has 1 atom stereocenters. The summed E-state index contributed by atoms with van der Waals surface area (Å²) < 4.78 is 15.6. The van der Waals surface area contributed by atoms with Crippen LogP contribution < -0.4 is 20.1 Å². The van der Waals surface area contributed by atoms with Crippen molar-refractivity contribution < 1.29 is 28.6 Å². The number of carbonyl (C=O) groups is 3. The SMILES string of the molecule is C[C@@H](OC(=O)c1ccc(NC(=O)CC#N)cc1)C(=O)Nc1ccc2c(c1)OCO2. The van der Waals surface area contributed by atoms with Crippen LogP contribution in [0.15, 0.2) is 42.5 Å². The summed E-state index contributed by atoms with van der Waals surface area (Å²) in [5.41, 5.74) is 1.14. The first kappa shape index (κ1) is 19.7. The van der Waals surface area contributed by atoms with Crippen molar-refractivity contribution in [3.63, 3.8) is 0 Å². The van der Waals surface area contributed by atoms with Gasteiger partial charge in [-0.05, 0) is 43.3 Å².